The first-order valence-electron chi connectivity index (χ1n) is 5.27. The molecule has 0 unspecified atom stereocenters. The largest absolute Gasteiger partial charge is 0.453 e. The number of hydrogen-bond donors (Lipinski definition) is 1. The minimum Gasteiger partial charge on any atom is -0.453 e. The van der Waals surface area contributed by atoms with Crippen molar-refractivity contribution in [1.29, 1.82) is 0 Å². The van der Waals surface area contributed by atoms with Crippen LogP contribution in [0.25, 0.3) is 0 Å². The summed E-state index contributed by atoms with van der Waals surface area (Å²) in [4.78, 5) is 15.2. The molecule has 1 aromatic rings. The van der Waals surface area contributed by atoms with Gasteiger partial charge in [-0.05, 0) is 6.92 Å². The molecule has 1 aromatic heterocycles. The molecule has 4 atom stereocenters. The topological polar surface area (TPSA) is 73.6 Å². The van der Waals surface area contributed by atoms with Crippen LogP contribution in [0.2, 0.25) is 0 Å². The van der Waals surface area contributed by atoms with Crippen molar-refractivity contribution in [1.82, 2.24) is 9.55 Å². The van der Waals surface area contributed by atoms with Crippen molar-refractivity contribution in [3.63, 3.8) is 0 Å². The summed E-state index contributed by atoms with van der Waals surface area (Å²) in [7, 11) is 0. The summed E-state index contributed by atoms with van der Waals surface area (Å²) in [6.45, 7) is 1.67. The maximum atomic E-state index is 11.4. The predicted molar refractivity (Wildman–Crippen MR) is 58.3 cm³/mol. The van der Waals surface area contributed by atoms with Crippen molar-refractivity contribution in [3.8, 4) is 6.01 Å². The first kappa shape index (κ1) is 11.0. The minimum absolute atomic E-state index is 0.183. The molecular formula is C10H11ClN2O4. The summed E-state index contributed by atoms with van der Waals surface area (Å²) in [5, 5.41) is 9.92. The second kappa shape index (κ2) is 3.69. The van der Waals surface area contributed by atoms with Crippen molar-refractivity contribution in [2.75, 3.05) is 5.88 Å². The molecule has 17 heavy (non-hydrogen) atoms. The van der Waals surface area contributed by atoms with E-state index in [9.17, 15) is 9.90 Å². The lowest BCUT2D eigenvalue weighted by Crippen LogP contribution is -2.34. The molecule has 0 saturated carbocycles. The molecule has 2 aliphatic heterocycles. The summed E-state index contributed by atoms with van der Waals surface area (Å²) < 4.78 is 12.6. The Bertz CT molecular complexity index is 518. The van der Waals surface area contributed by atoms with Crippen molar-refractivity contribution in [2.45, 2.75) is 31.5 Å². The molecule has 0 amide bonds. The SMILES string of the molecule is Cc1cn2c(nc1=O)O[C@@H]1[C@@H](O)[C@@H](CCl)O[C@H]12. The van der Waals surface area contributed by atoms with E-state index in [1.807, 2.05) is 0 Å². The van der Waals surface area contributed by atoms with E-state index >= 15 is 0 Å². The number of aliphatic hydroxyl groups is 1. The fourth-order valence-corrected chi connectivity index (χ4v) is 2.40. The van der Waals surface area contributed by atoms with Gasteiger partial charge in [-0.3, -0.25) is 9.36 Å². The third-order valence-electron chi connectivity index (χ3n) is 3.07. The Morgan fingerprint density at radius 1 is 1.65 bits per heavy atom. The minimum atomic E-state index is -0.811. The predicted octanol–water partition coefficient (Wildman–Crippen LogP) is -0.190. The highest BCUT2D eigenvalue weighted by Gasteiger charge is 2.50. The third kappa shape index (κ3) is 1.48. The average molecular weight is 259 g/mol. The number of halogens is 1. The molecule has 0 spiro atoms. The zero-order chi connectivity index (χ0) is 12.2. The monoisotopic (exact) mass is 258 g/mol. The van der Waals surface area contributed by atoms with Gasteiger partial charge < -0.3 is 14.6 Å². The summed E-state index contributed by atoms with van der Waals surface area (Å²) >= 11 is 5.68. The summed E-state index contributed by atoms with van der Waals surface area (Å²) in [5.74, 6) is 0.194. The zero-order valence-corrected chi connectivity index (χ0v) is 9.79. The van der Waals surface area contributed by atoms with Gasteiger partial charge in [0.15, 0.2) is 12.3 Å². The molecule has 1 N–H and O–H groups in total. The van der Waals surface area contributed by atoms with Crippen LogP contribution in [0.4, 0.5) is 0 Å². The number of aromatic nitrogens is 2. The van der Waals surface area contributed by atoms with Crippen molar-refractivity contribution >= 4 is 11.6 Å². The van der Waals surface area contributed by atoms with Gasteiger partial charge in [-0.25, -0.2) is 0 Å². The van der Waals surface area contributed by atoms with Gasteiger partial charge in [0.05, 0.1) is 5.88 Å². The second-order valence-corrected chi connectivity index (χ2v) is 4.52. The first-order chi connectivity index (χ1) is 8.11. The zero-order valence-electron chi connectivity index (χ0n) is 9.04. The van der Waals surface area contributed by atoms with Gasteiger partial charge in [0.25, 0.3) is 5.56 Å². The summed E-state index contributed by atoms with van der Waals surface area (Å²) in [6.07, 6.45) is -0.657. The normalized spacial score (nSPS) is 34.3. The highest BCUT2D eigenvalue weighted by molar-refractivity contribution is 6.18. The maximum Gasteiger partial charge on any atom is 0.302 e. The van der Waals surface area contributed by atoms with Gasteiger partial charge in [0, 0.05) is 11.8 Å². The van der Waals surface area contributed by atoms with Crippen LogP contribution in [0.3, 0.4) is 0 Å². The molecule has 0 aromatic carbocycles. The number of alkyl halides is 1. The van der Waals surface area contributed by atoms with Gasteiger partial charge >= 0.3 is 6.01 Å². The molecule has 3 rings (SSSR count). The van der Waals surface area contributed by atoms with Gasteiger partial charge in [-0.15, -0.1) is 11.6 Å². The highest BCUT2D eigenvalue weighted by Crippen LogP contribution is 2.39. The summed E-state index contributed by atoms with van der Waals surface area (Å²) in [6, 6.07) is 0.183. The van der Waals surface area contributed by atoms with Crippen molar-refractivity contribution in [3.05, 3.63) is 22.1 Å². The molecule has 1 saturated heterocycles. The Morgan fingerprint density at radius 3 is 3.12 bits per heavy atom. The lowest BCUT2D eigenvalue weighted by Gasteiger charge is -2.14. The molecule has 0 bridgehead atoms. The number of fused-ring (bicyclic) bond motifs is 3. The quantitative estimate of drug-likeness (QED) is 0.707. The van der Waals surface area contributed by atoms with Gasteiger partial charge in [-0.2, -0.15) is 4.98 Å². The molecule has 92 valence electrons. The lowest BCUT2D eigenvalue weighted by molar-refractivity contribution is -0.00472. The Balaban J connectivity index is 2.02. The van der Waals surface area contributed by atoms with E-state index < -0.39 is 24.5 Å². The lowest BCUT2D eigenvalue weighted by atomic mass is 10.1. The van der Waals surface area contributed by atoms with E-state index in [2.05, 4.69) is 4.98 Å². The second-order valence-electron chi connectivity index (χ2n) is 4.21. The standard InChI is InChI=1S/C10H11ClN2O4/c1-4-3-13-9-7(6(14)5(2-11)16-9)17-10(13)12-8(4)15/h3,5-7,9,14H,2H2,1H3/t5-,6+,7-,9-/m1/s1. The van der Waals surface area contributed by atoms with Crippen LogP contribution >= 0.6 is 11.6 Å². The smallest absolute Gasteiger partial charge is 0.302 e. The highest BCUT2D eigenvalue weighted by atomic mass is 35.5. The van der Waals surface area contributed by atoms with Gasteiger partial charge in [0.2, 0.25) is 0 Å². The van der Waals surface area contributed by atoms with Crippen LogP contribution in [0.15, 0.2) is 11.0 Å². The number of ether oxygens (including phenoxy) is 2. The van der Waals surface area contributed by atoms with Crippen LogP contribution in [-0.4, -0.2) is 38.8 Å². The molecule has 3 heterocycles. The van der Waals surface area contributed by atoms with E-state index in [1.165, 1.54) is 0 Å². The van der Waals surface area contributed by atoms with Crippen LogP contribution in [0.1, 0.15) is 11.8 Å². The van der Waals surface area contributed by atoms with Crippen LogP contribution in [0, 0.1) is 6.92 Å². The first-order valence-corrected chi connectivity index (χ1v) is 5.81. The number of rotatable bonds is 1. The van der Waals surface area contributed by atoms with Gasteiger partial charge in [-0.1, -0.05) is 0 Å². The Hall–Kier alpha value is -1.11. The van der Waals surface area contributed by atoms with Crippen molar-refractivity contribution in [2.24, 2.45) is 0 Å². The Morgan fingerprint density at radius 2 is 2.41 bits per heavy atom. The molecular weight excluding hydrogens is 248 g/mol. The molecule has 6 nitrogen and oxygen atoms in total. The molecule has 1 fully saturated rings. The fraction of sp³-hybridized carbons (Fsp3) is 0.600. The van der Waals surface area contributed by atoms with E-state index in [0.717, 1.165) is 0 Å². The van der Waals surface area contributed by atoms with Crippen LogP contribution < -0.4 is 10.3 Å². The number of aliphatic hydroxyl groups excluding tert-OH is 1. The Kier molecular flexibility index (Phi) is 2.39. The van der Waals surface area contributed by atoms with Crippen LogP contribution in [0.5, 0.6) is 6.01 Å². The van der Waals surface area contributed by atoms with Crippen molar-refractivity contribution < 1.29 is 14.6 Å². The van der Waals surface area contributed by atoms with E-state index in [1.54, 1.807) is 17.7 Å². The van der Waals surface area contributed by atoms with Gasteiger partial charge in [0.1, 0.15) is 12.2 Å². The molecule has 2 aliphatic rings. The third-order valence-corrected chi connectivity index (χ3v) is 3.37. The van der Waals surface area contributed by atoms with E-state index in [4.69, 9.17) is 21.1 Å². The van der Waals surface area contributed by atoms with Crippen LogP contribution in [-0.2, 0) is 4.74 Å². The maximum absolute atomic E-state index is 11.4. The number of hydrogen-bond acceptors (Lipinski definition) is 5. The molecule has 0 aliphatic carbocycles. The van der Waals surface area contributed by atoms with E-state index in [-0.39, 0.29) is 17.4 Å². The fourth-order valence-electron chi connectivity index (χ4n) is 2.14. The molecule has 7 heteroatoms. The molecule has 0 radical (unpaired) electrons. The average Bonchev–Trinajstić information content (AvgIpc) is 2.78. The van der Waals surface area contributed by atoms with E-state index in [0.29, 0.717) is 5.56 Å². The number of aryl methyl sites for hydroxylation is 1. The Labute approximate surface area is 102 Å². The number of nitrogens with zero attached hydrogens (tertiary/aromatic N) is 2. The summed E-state index contributed by atoms with van der Waals surface area (Å²) in [5.41, 5.74) is 0.171.